The summed E-state index contributed by atoms with van der Waals surface area (Å²) in [6.07, 6.45) is 0. The SMILES string of the molecule is CC1(C)c2ccccc2-c2cc3c4ccccc4n(-c4ccc(-c5ccc(N(c6ccccc6)c6ccc(-c7cccc8ccccc78)cc6)cc5)cc4)c3cc21. The van der Waals surface area contributed by atoms with Gasteiger partial charge in [0.05, 0.1) is 11.0 Å². The van der Waals surface area contributed by atoms with E-state index in [1.165, 1.54) is 77.1 Å². The Morgan fingerprint density at radius 2 is 0.930 bits per heavy atom. The molecule has 0 bridgehead atoms. The second kappa shape index (κ2) is 13.0. The molecular weight excluding hydrogens is 689 g/mol. The molecule has 57 heavy (non-hydrogen) atoms. The highest BCUT2D eigenvalue weighted by Gasteiger charge is 2.36. The van der Waals surface area contributed by atoms with Crippen LogP contribution in [0.25, 0.3) is 71.6 Å². The summed E-state index contributed by atoms with van der Waals surface area (Å²) in [5, 5.41) is 5.10. The molecule has 0 saturated heterocycles. The molecule has 0 unspecified atom stereocenters. The van der Waals surface area contributed by atoms with E-state index in [1.54, 1.807) is 0 Å². The van der Waals surface area contributed by atoms with Gasteiger partial charge in [-0.05, 0) is 122 Å². The van der Waals surface area contributed by atoms with Crippen LogP contribution in [0.15, 0.2) is 206 Å². The van der Waals surface area contributed by atoms with Crippen LogP contribution < -0.4 is 4.90 Å². The minimum absolute atomic E-state index is 0.0611. The molecule has 0 aliphatic heterocycles. The van der Waals surface area contributed by atoms with Crippen molar-refractivity contribution in [2.24, 2.45) is 0 Å². The Morgan fingerprint density at radius 1 is 0.368 bits per heavy atom. The van der Waals surface area contributed by atoms with Gasteiger partial charge in [-0.15, -0.1) is 0 Å². The smallest absolute Gasteiger partial charge is 0.0544 e. The number of fused-ring (bicyclic) bond motifs is 7. The van der Waals surface area contributed by atoms with Crippen molar-refractivity contribution in [2.45, 2.75) is 19.3 Å². The van der Waals surface area contributed by atoms with Crippen LogP contribution in [0.5, 0.6) is 0 Å². The van der Waals surface area contributed by atoms with Crippen LogP contribution in [0.4, 0.5) is 17.1 Å². The Hall–Kier alpha value is -7.16. The Balaban J connectivity index is 0.936. The molecule has 0 fully saturated rings. The summed E-state index contributed by atoms with van der Waals surface area (Å²) >= 11 is 0. The summed E-state index contributed by atoms with van der Waals surface area (Å²) < 4.78 is 2.44. The predicted molar refractivity (Wildman–Crippen MR) is 241 cm³/mol. The van der Waals surface area contributed by atoms with Gasteiger partial charge in [0.1, 0.15) is 0 Å². The van der Waals surface area contributed by atoms with Crippen LogP contribution in [0.2, 0.25) is 0 Å². The molecule has 1 aromatic heterocycles. The first kappa shape index (κ1) is 33.2. The van der Waals surface area contributed by atoms with Crippen molar-refractivity contribution in [1.29, 1.82) is 0 Å². The number of rotatable bonds is 6. The first-order chi connectivity index (χ1) is 28.0. The van der Waals surface area contributed by atoms with Gasteiger partial charge in [0, 0.05) is 38.9 Å². The number of hydrogen-bond acceptors (Lipinski definition) is 1. The van der Waals surface area contributed by atoms with Gasteiger partial charge in [0.15, 0.2) is 0 Å². The molecule has 0 N–H and O–H groups in total. The highest BCUT2D eigenvalue weighted by molar-refractivity contribution is 6.11. The fourth-order valence-electron chi connectivity index (χ4n) is 9.34. The number of aromatic nitrogens is 1. The number of hydrogen-bond donors (Lipinski definition) is 0. The normalized spacial score (nSPS) is 12.9. The Bertz CT molecular complexity index is 3110. The minimum Gasteiger partial charge on any atom is -0.311 e. The fraction of sp³-hybridized carbons (Fsp3) is 0.0545. The summed E-state index contributed by atoms with van der Waals surface area (Å²) in [5.74, 6) is 0. The van der Waals surface area contributed by atoms with Crippen molar-refractivity contribution in [1.82, 2.24) is 4.57 Å². The number of nitrogens with zero attached hydrogens (tertiary/aromatic N) is 2. The molecule has 1 heterocycles. The molecule has 0 saturated carbocycles. The summed E-state index contributed by atoms with van der Waals surface area (Å²) in [4.78, 5) is 2.33. The first-order valence-electron chi connectivity index (χ1n) is 19.8. The molecule has 1 aliphatic rings. The van der Waals surface area contributed by atoms with Crippen molar-refractivity contribution in [2.75, 3.05) is 4.90 Å². The molecule has 11 rings (SSSR count). The van der Waals surface area contributed by atoms with Gasteiger partial charge in [0.2, 0.25) is 0 Å². The third-order valence-corrected chi connectivity index (χ3v) is 12.2. The van der Waals surface area contributed by atoms with Crippen LogP contribution in [-0.2, 0) is 5.41 Å². The second-order valence-electron chi connectivity index (χ2n) is 15.8. The number of para-hydroxylation sites is 2. The van der Waals surface area contributed by atoms with E-state index in [1.807, 2.05) is 0 Å². The lowest BCUT2D eigenvalue weighted by atomic mass is 9.82. The van der Waals surface area contributed by atoms with Crippen LogP contribution in [0.1, 0.15) is 25.0 Å². The van der Waals surface area contributed by atoms with E-state index >= 15 is 0 Å². The Morgan fingerprint density at radius 3 is 1.68 bits per heavy atom. The van der Waals surface area contributed by atoms with Gasteiger partial charge in [-0.25, -0.2) is 0 Å². The maximum Gasteiger partial charge on any atom is 0.0544 e. The summed E-state index contributed by atoms with van der Waals surface area (Å²) in [6.45, 7) is 4.72. The number of benzene rings is 9. The molecule has 0 atom stereocenters. The van der Waals surface area contributed by atoms with Crippen LogP contribution in [0, 0.1) is 0 Å². The molecule has 2 heteroatoms. The monoisotopic (exact) mass is 728 g/mol. The fourth-order valence-corrected chi connectivity index (χ4v) is 9.34. The first-order valence-corrected chi connectivity index (χ1v) is 19.8. The quantitative estimate of drug-likeness (QED) is 0.165. The summed E-state index contributed by atoms with van der Waals surface area (Å²) in [7, 11) is 0. The largest absolute Gasteiger partial charge is 0.311 e. The summed E-state index contributed by atoms with van der Waals surface area (Å²) in [5.41, 5.74) is 17.3. The van der Waals surface area contributed by atoms with E-state index in [0.717, 1.165) is 22.7 Å². The van der Waals surface area contributed by atoms with E-state index in [-0.39, 0.29) is 5.41 Å². The van der Waals surface area contributed by atoms with Gasteiger partial charge in [-0.3, -0.25) is 0 Å². The highest BCUT2D eigenvalue weighted by Crippen LogP contribution is 2.51. The lowest BCUT2D eigenvalue weighted by Crippen LogP contribution is -2.14. The topological polar surface area (TPSA) is 8.17 Å². The predicted octanol–water partition coefficient (Wildman–Crippen LogP) is 15.0. The van der Waals surface area contributed by atoms with Gasteiger partial charge in [0.25, 0.3) is 0 Å². The maximum absolute atomic E-state index is 2.45. The van der Waals surface area contributed by atoms with Crippen molar-refractivity contribution in [3.05, 3.63) is 217 Å². The van der Waals surface area contributed by atoms with E-state index in [4.69, 9.17) is 0 Å². The lowest BCUT2D eigenvalue weighted by Gasteiger charge is -2.26. The van der Waals surface area contributed by atoms with Crippen molar-refractivity contribution in [3.63, 3.8) is 0 Å². The van der Waals surface area contributed by atoms with Crippen molar-refractivity contribution in [3.8, 4) is 39.1 Å². The standard InChI is InChI=1S/C55H40N2/c1-55(2)51-21-10-8-18-47(51)49-35-50-48-19-9-11-22-53(48)57(54(50)36-52(49)55)44-31-25-38(26-32-44)37-23-29-42(30-24-37)56(41-15-4-3-5-16-41)43-33-27-40(28-34-43)46-20-12-14-39-13-6-7-17-45(39)46/h3-36H,1-2H3. The highest BCUT2D eigenvalue weighted by atomic mass is 15.1. The minimum atomic E-state index is -0.0611. The maximum atomic E-state index is 2.45. The van der Waals surface area contributed by atoms with Crippen molar-refractivity contribution < 1.29 is 0 Å². The molecule has 0 amide bonds. The average Bonchev–Trinajstić information content (AvgIpc) is 3.71. The molecule has 270 valence electrons. The zero-order valence-electron chi connectivity index (χ0n) is 32.0. The van der Waals surface area contributed by atoms with E-state index in [9.17, 15) is 0 Å². The zero-order valence-corrected chi connectivity index (χ0v) is 32.0. The van der Waals surface area contributed by atoms with Crippen LogP contribution >= 0.6 is 0 Å². The van der Waals surface area contributed by atoms with E-state index < -0.39 is 0 Å². The van der Waals surface area contributed by atoms with Crippen LogP contribution in [0.3, 0.4) is 0 Å². The zero-order chi connectivity index (χ0) is 38.1. The third-order valence-electron chi connectivity index (χ3n) is 12.2. The molecule has 1 aliphatic carbocycles. The Kier molecular flexibility index (Phi) is 7.55. The van der Waals surface area contributed by atoms with Crippen molar-refractivity contribution >= 4 is 49.6 Å². The van der Waals surface area contributed by atoms with Gasteiger partial charge >= 0.3 is 0 Å². The Labute approximate surface area is 333 Å². The van der Waals surface area contributed by atoms with Crippen LogP contribution in [-0.4, -0.2) is 4.57 Å². The average molecular weight is 729 g/mol. The number of anilines is 3. The second-order valence-corrected chi connectivity index (χ2v) is 15.8. The van der Waals surface area contributed by atoms with Gasteiger partial charge < -0.3 is 9.47 Å². The molecule has 10 aromatic rings. The lowest BCUT2D eigenvalue weighted by molar-refractivity contribution is 0.661. The third kappa shape index (κ3) is 5.33. The summed E-state index contributed by atoms with van der Waals surface area (Å²) in [6, 6.07) is 75.4. The molecule has 9 aromatic carbocycles. The molecule has 0 radical (unpaired) electrons. The van der Waals surface area contributed by atoms with E-state index in [2.05, 4.69) is 230 Å². The van der Waals surface area contributed by atoms with Gasteiger partial charge in [-0.1, -0.05) is 153 Å². The molecule has 2 nitrogen and oxygen atoms in total. The van der Waals surface area contributed by atoms with Gasteiger partial charge in [-0.2, -0.15) is 0 Å². The molecule has 0 spiro atoms. The van der Waals surface area contributed by atoms with E-state index in [0.29, 0.717) is 0 Å². The molecular formula is C55H40N2.